The zero-order valence-electron chi connectivity index (χ0n) is 18.7. The zero-order valence-corrected chi connectivity index (χ0v) is 18.7. The van der Waals surface area contributed by atoms with Crippen LogP contribution in [-0.4, -0.2) is 56.0 Å². The number of benzene rings is 2. The van der Waals surface area contributed by atoms with Crippen LogP contribution in [0.15, 0.2) is 36.4 Å². The molecule has 0 aromatic heterocycles. The van der Waals surface area contributed by atoms with E-state index >= 15 is 0 Å². The van der Waals surface area contributed by atoms with Gasteiger partial charge in [-0.15, -0.1) is 0 Å². The van der Waals surface area contributed by atoms with Gasteiger partial charge in [-0.1, -0.05) is 31.5 Å². The second-order valence-corrected chi connectivity index (χ2v) is 8.28. The molecule has 2 amide bonds. The monoisotopic (exact) mass is 422 g/mol. The molecule has 0 N–H and O–H groups in total. The quantitative estimate of drug-likeness (QED) is 0.711. The molecule has 0 bridgehead atoms. The van der Waals surface area contributed by atoms with E-state index in [-0.39, 0.29) is 17.9 Å². The standard InChI is InChI=1S/C25H30N2O4/c1-5-6-12-26(2)25(29)22-17-9-7-8-10-18(17)24(28)27-13-11-16-14-20(30-3)21(31-4)15-19(16)23(22)27/h7-10,14-15,22-23H,5-6,11-13H2,1-4H3/t22-,23-/m1/s1. The summed E-state index contributed by atoms with van der Waals surface area (Å²) in [6.07, 6.45) is 2.69. The molecule has 2 heterocycles. The van der Waals surface area contributed by atoms with E-state index in [0.717, 1.165) is 29.5 Å². The van der Waals surface area contributed by atoms with E-state index < -0.39 is 5.92 Å². The topological polar surface area (TPSA) is 59.1 Å². The minimum Gasteiger partial charge on any atom is -0.493 e. The van der Waals surface area contributed by atoms with Gasteiger partial charge in [-0.25, -0.2) is 0 Å². The molecule has 2 aromatic rings. The van der Waals surface area contributed by atoms with Crippen molar-refractivity contribution in [1.29, 1.82) is 0 Å². The first-order valence-corrected chi connectivity index (χ1v) is 10.9. The van der Waals surface area contributed by atoms with Gasteiger partial charge in [0.15, 0.2) is 11.5 Å². The van der Waals surface area contributed by atoms with Crippen LogP contribution in [0.5, 0.6) is 11.5 Å². The van der Waals surface area contributed by atoms with Gasteiger partial charge in [-0.2, -0.15) is 0 Å². The number of ether oxygens (including phenoxy) is 2. The number of hydrogen-bond donors (Lipinski definition) is 0. The molecule has 0 unspecified atom stereocenters. The van der Waals surface area contributed by atoms with E-state index in [9.17, 15) is 9.59 Å². The second-order valence-electron chi connectivity index (χ2n) is 8.28. The summed E-state index contributed by atoms with van der Waals surface area (Å²) in [7, 11) is 5.09. The summed E-state index contributed by atoms with van der Waals surface area (Å²) in [6, 6.07) is 11.1. The highest BCUT2D eigenvalue weighted by Gasteiger charge is 2.47. The maximum Gasteiger partial charge on any atom is 0.254 e. The zero-order chi connectivity index (χ0) is 22.1. The first-order chi connectivity index (χ1) is 15.0. The van der Waals surface area contributed by atoms with Crippen molar-refractivity contribution in [3.63, 3.8) is 0 Å². The summed E-state index contributed by atoms with van der Waals surface area (Å²) in [6.45, 7) is 3.39. The number of fused-ring (bicyclic) bond motifs is 4. The Hall–Kier alpha value is -3.02. The number of amides is 2. The fourth-order valence-corrected chi connectivity index (χ4v) is 4.86. The molecule has 2 aromatic carbocycles. The van der Waals surface area contributed by atoms with Crippen molar-refractivity contribution in [3.05, 3.63) is 58.7 Å². The number of hydrogen-bond acceptors (Lipinski definition) is 4. The fraction of sp³-hybridized carbons (Fsp3) is 0.440. The van der Waals surface area contributed by atoms with Crippen LogP contribution >= 0.6 is 0 Å². The van der Waals surface area contributed by atoms with Gasteiger partial charge in [0.1, 0.15) is 0 Å². The lowest BCUT2D eigenvalue weighted by atomic mass is 9.75. The molecular weight excluding hydrogens is 392 g/mol. The van der Waals surface area contributed by atoms with Crippen LogP contribution in [0.2, 0.25) is 0 Å². The van der Waals surface area contributed by atoms with Gasteiger partial charge in [0.25, 0.3) is 5.91 Å². The van der Waals surface area contributed by atoms with Crippen LogP contribution in [-0.2, 0) is 11.2 Å². The van der Waals surface area contributed by atoms with Crippen molar-refractivity contribution in [3.8, 4) is 11.5 Å². The molecule has 2 atom stereocenters. The Morgan fingerprint density at radius 3 is 2.55 bits per heavy atom. The molecule has 4 rings (SSSR count). The Labute approximate surface area is 183 Å². The van der Waals surface area contributed by atoms with Crippen LogP contribution < -0.4 is 9.47 Å². The number of carbonyl (C=O) groups is 2. The molecule has 0 saturated carbocycles. The molecule has 0 fully saturated rings. The molecule has 0 spiro atoms. The Balaban J connectivity index is 1.87. The maximum atomic E-state index is 13.7. The molecular formula is C25H30N2O4. The minimum absolute atomic E-state index is 0.0127. The van der Waals surface area contributed by atoms with Crippen LogP contribution in [0.1, 0.15) is 58.8 Å². The number of rotatable bonds is 6. The van der Waals surface area contributed by atoms with Crippen molar-refractivity contribution in [2.45, 2.75) is 38.1 Å². The third-order valence-electron chi connectivity index (χ3n) is 6.51. The number of methoxy groups -OCH3 is 2. The lowest BCUT2D eigenvalue weighted by Gasteiger charge is -2.46. The first kappa shape index (κ1) is 21.2. The smallest absolute Gasteiger partial charge is 0.254 e. The molecule has 0 aliphatic carbocycles. The van der Waals surface area contributed by atoms with Crippen molar-refractivity contribution >= 4 is 11.8 Å². The van der Waals surface area contributed by atoms with Gasteiger partial charge in [0.05, 0.1) is 26.2 Å². The molecule has 0 saturated heterocycles. The summed E-state index contributed by atoms with van der Waals surface area (Å²) in [5, 5.41) is 0. The average molecular weight is 423 g/mol. The normalized spacial score (nSPS) is 19.2. The molecule has 2 aliphatic rings. The maximum absolute atomic E-state index is 13.7. The Bertz CT molecular complexity index is 1000. The van der Waals surface area contributed by atoms with E-state index in [1.807, 2.05) is 53.2 Å². The summed E-state index contributed by atoms with van der Waals surface area (Å²) >= 11 is 0. The largest absolute Gasteiger partial charge is 0.493 e. The van der Waals surface area contributed by atoms with E-state index in [4.69, 9.17) is 9.47 Å². The van der Waals surface area contributed by atoms with E-state index in [1.54, 1.807) is 14.2 Å². The lowest BCUT2D eigenvalue weighted by molar-refractivity contribution is -0.133. The van der Waals surface area contributed by atoms with Crippen LogP contribution in [0.3, 0.4) is 0 Å². The highest BCUT2D eigenvalue weighted by molar-refractivity contribution is 6.01. The van der Waals surface area contributed by atoms with Gasteiger partial charge in [-0.3, -0.25) is 9.59 Å². The summed E-state index contributed by atoms with van der Waals surface area (Å²) in [4.78, 5) is 30.8. The molecule has 2 aliphatic heterocycles. The Kier molecular flexibility index (Phi) is 5.90. The third kappa shape index (κ3) is 3.54. The van der Waals surface area contributed by atoms with Gasteiger partial charge >= 0.3 is 0 Å². The second kappa shape index (κ2) is 8.61. The average Bonchev–Trinajstić information content (AvgIpc) is 2.81. The summed E-state index contributed by atoms with van der Waals surface area (Å²) in [5.41, 5.74) is 3.50. The molecule has 164 valence electrons. The molecule has 0 radical (unpaired) electrons. The fourth-order valence-electron chi connectivity index (χ4n) is 4.86. The van der Waals surface area contributed by atoms with E-state index in [1.165, 1.54) is 0 Å². The van der Waals surface area contributed by atoms with Crippen molar-refractivity contribution < 1.29 is 19.1 Å². The third-order valence-corrected chi connectivity index (χ3v) is 6.51. The Morgan fingerprint density at radius 1 is 1.13 bits per heavy atom. The number of likely N-dealkylation sites (N-methyl/N-ethyl adjacent to an activating group) is 1. The number of carbonyl (C=O) groups excluding carboxylic acids is 2. The number of nitrogens with zero attached hydrogens (tertiary/aromatic N) is 2. The van der Waals surface area contributed by atoms with Gasteiger partial charge in [0.2, 0.25) is 5.91 Å². The minimum atomic E-state index is -0.451. The van der Waals surface area contributed by atoms with Crippen LogP contribution in [0.4, 0.5) is 0 Å². The van der Waals surface area contributed by atoms with Crippen molar-refractivity contribution in [2.24, 2.45) is 0 Å². The van der Waals surface area contributed by atoms with Crippen LogP contribution in [0, 0.1) is 0 Å². The van der Waals surface area contributed by atoms with E-state index in [2.05, 4.69) is 6.92 Å². The van der Waals surface area contributed by atoms with Crippen molar-refractivity contribution in [2.75, 3.05) is 34.4 Å². The highest BCUT2D eigenvalue weighted by atomic mass is 16.5. The van der Waals surface area contributed by atoms with Gasteiger partial charge in [0, 0.05) is 25.7 Å². The van der Waals surface area contributed by atoms with E-state index in [0.29, 0.717) is 36.6 Å². The SMILES string of the molecule is CCCCN(C)C(=O)[C@@H]1c2ccccc2C(=O)N2CCc3cc(OC)c(OC)cc3[C@H]12. The highest BCUT2D eigenvalue weighted by Crippen LogP contribution is 2.48. The predicted molar refractivity (Wildman–Crippen MR) is 119 cm³/mol. The molecule has 31 heavy (non-hydrogen) atoms. The van der Waals surface area contributed by atoms with Crippen molar-refractivity contribution in [1.82, 2.24) is 9.80 Å². The predicted octanol–water partition coefficient (Wildman–Crippen LogP) is 3.80. The van der Waals surface area contributed by atoms with Gasteiger partial charge < -0.3 is 19.3 Å². The first-order valence-electron chi connectivity index (χ1n) is 10.9. The summed E-state index contributed by atoms with van der Waals surface area (Å²) < 4.78 is 11.0. The lowest BCUT2D eigenvalue weighted by Crippen LogP contribution is -2.50. The Morgan fingerprint density at radius 2 is 1.84 bits per heavy atom. The molecule has 6 nitrogen and oxygen atoms in total. The number of unbranched alkanes of at least 4 members (excludes halogenated alkanes) is 1. The van der Waals surface area contributed by atoms with Crippen LogP contribution in [0.25, 0.3) is 0 Å². The van der Waals surface area contributed by atoms with Gasteiger partial charge in [-0.05, 0) is 47.7 Å². The molecule has 6 heteroatoms. The summed E-state index contributed by atoms with van der Waals surface area (Å²) in [5.74, 6) is 0.861.